The Morgan fingerprint density at radius 3 is 2.12 bits per heavy atom. The van der Waals surface area contributed by atoms with Gasteiger partial charge in [0.05, 0.1) is 11.1 Å². The van der Waals surface area contributed by atoms with E-state index in [1.54, 1.807) is 0 Å². The lowest BCUT2D eigenvalue weighted by Crippen LogP contribution is -2.30. The van der Waals surface area contributed by atoms with Gasteiger partial charge in [0.15, 0.2) is 0 Å². The van der Waals surface area contributed by atoms with Crippen molar-refractivity contribution < 1.29 is 31.1 Å². The van der Waals surface area contributed by atoms with Crippen molar-refractivity contribution >= 4 is 11.7 Å². The number of rotatable bonds is 3. The van der Waals surface area contributed by atoms with E-state index in [4.69, 9.17) is 0 Å². The fraction of sp³-hybridized carbons (Fsp3) is 0.143. The minimum Gasteiger partial charge on any atom is -0.282 e. The first kappa shape index (κ1) is 17.6. The number of hydrazine groups is 1. The predicted molar refractivity (Wildman–Crippen MR) is 71.8 cm³/mol. The van der Waals surface area contributed by atoms with Crippen LogP contribution in [0.25, 0.3) is 0 Å². The van der Waals surface area contributed by atoms with Crippen LogP contribution >= 0.6 is 0 Å². The van der Waals surface area contributed by atoms with Crippen LogP contribution in [0.4, 0.5) is 32.2 Å². The number of nitrogens with one attached hydrogen (secondary N) is 2. The molecule has 1 amide bonds. The molecule has 1 aromatic heterocycles. The Kier molecular flexibility index (Phi) is 4.67. The summed E-state index contributed by atoms with van der Waals surface area (Å²) in [4.78, 5) is 15.2. The zero-order valence-corrected chi connectivity index (χ0v) is 11.7. The molecular formula is C14H9F6N3O. The van der Waals surface area contributed by atoms with Gasteiger partial charge in [-0.2, -0.15) is 26.3 Å². The zero-order valence-electron chi connectivity index (χ0n) is 11.7. The molecule has 0 fully saturated rings. The first-order chi connectivity index (χ1) is 11.1. The van der Waals surface area contributed by atoms with Gasteiger partial charge in [0.1, 0.15) is 5.82 Å². The van der Waals surface area contributed by atoms with E-state index in [1.165, 1.54) is 0 Å². The number of hydrogen-bond donors (Lipinski definition) is 2. The predicted octanol–water partition coefficient (Wildman–Crippen LogP) is 3.88. The summed E-state index contributed by atoms with van der Waals surface area (Å²) in [7, 11) is 0. The molecule has 0 bridgehead atoms. The number of nitrogens with zero attached hydrogens (tertiary/aromatic N) is 1. The minimum absolute atomic E-state index is 0.108. The molecule has 0 saturated carbocycles. The molecule has 0 aliphatic rings. The summed E-state index contributed by atoms with van der Waals surface area (Å²) < 4.78 is 74.8. The van der Waals surface area contributed by atoms with Crippen molar-refractivity contribution in [3.05, 3.63) is 59.3 Å². The van der Waals surface area contributed by atoms with E-state index in [0.717, 1.165) is 30.3 Å². The van der Waals surface area contributed by atoms with Crippen molar-refractivity contribution in [3.8, 4) is 0 Å². The maximum absolute atomic E-state index is 12.6. The molecule has 10 heteroatoms. The Labute approximate surface area is 131 Å². The third-order valence-electron chi connectivity index (χ3n) is 2.85. The Morgan fingerprint density at radius 2 is 1.58 bits per heavy atom. The van der Waals surface area contributed by atoms with Crippen molar-refractivity contribution in [1.29, 1.82) is 0 Å². The Balaban J connectivity index is 2.03. The smallest absolute Gasteiger partial charge is 0.282 e. The van der Waals surface area contributed by atoms with Gasteiger partial charge in [0, 0.05) is 11.8 Å². The average molecular weight is 349 g/mol. The molecule has 0 aliphatic carbocycles. The molecule has 0 unspecified atom stereocenters. The van der Waals surface area contributed by atoms with E-state index in [2.05, 4.69) is 15.8 Å². The first-order valence-electron chi connectivity index (χ1n) is 6.34. The normalized spacial score (nSPS) is 11.9. The maximum Gasteiger partial charge on any atom is 0.417 e. The van der Waals surface area contributed by atoms with E-state index in [-0.39, 0.29) is 11.4 Å². The summed E-state index contributed by atoms with van der Waals surface area (Å²) in [6.45, 7) is 0. The monoisotopic (exact) mass is 349 g/mol. The number of amides is 1. The van der Waals surface area contributed by atoms with Crippen molar-refractivity contribution in [2.24, 2.45) is 0 Å². The molecule has 2 rings (SSSR count). The highest BCUT2D eigenvalue weighted by Crippen LogP contribution is 2.30. The van der Waals surface area contributed by atoms with Gasteiger partial charge in [-0.15, -0.1) is 0 Å². The van der Waals surface area contributed by atoms with E-state index in [1.807, 2.05) is 0 Å². The molecular weight excluding hydrogens is 340 g/mol. The fourth-order valence-corrected chi connectivity index (χ4v) is 1.67. The largest absolute Gasteiger partial charge is 0.417 e. The molecule has 0 atom stereocenters. The van der Waals surface area contributed by atoms with Crippen molar-refractivity contribution in [2.45, 2.75) is 12.4 Å². The lowest BCUT2D eigenvalue weighted by Gasteiger charge is -2.11. The van der Waals surface area contributed by atoms with E-state index < -0.39 is 29.4 Å². The molecule has 2 aromatic rings. The third kappa shape index (κ3) is 4.37. The number of halogens is 6. The van der Waals surface area contributed by atoms with Crippen LogP contribution < -0.4 is 10.9 Å². The van der Waals surface area contributed by atoms with Gasteiger partial charge in [-0.1, -0.05) is 6.07 Å². The number of hydrogen-bond acceptors (Lipinski definition) is 3. The summed E-state index contributed by atoms with van der Waals surface area (Å²) in [6, 6.07) is 5.39. The quantitative estimate of drug-likeness (QED) is 0.653. The highest BCUT2D eigenvalue weighted by atomic mass is 19.4. The second kappa shape index (κ2) is 6.38. The number of anilines is 1. The lowest BCUT2D eigenvalue weighted by molar-refractivity contribution is -0.138. The van der Waals surface area contributed by atoms with Gasteiger partial charge >= 0.3 is 12.4 Å². The molecule has 0 spiro atoms. The molecule has 0 aliphatic heterocycles. The number of aromatic nitrogens is 1. The molecule has 24 heavy (non-hydrogen) atoms. The Hall–Kier alpha value is -2.78. The van der Waals surface area contributed by atoms with E-state index in [0.29, 0.717) is 12.3 Å². The third-order valence-corrected chi connectivity index (χ3v) is 2.85. The topological polar surface area (TPSA) is 54.0 Å². The summed E-state index contributed by atoms with van der Waals surface area (Å²) in [5, 5.41) is 0. The van der Waals surface area contributed by atoms with Gasteiger partial charge < -0.3 is 0 Å². The van der Waals surface area contributed by atoms with E-state index >= 15 is 0 Å². The number of alkyl halides is 6. The highest BCUT2D eigenvalue weighted by Gasteiger charge is 2.31. The van der Waals surface area contributed by atoms with Crippen LogP contribution in [0.2, 0.25) is 0 Å². The second-order valence-corrected chi connectivity index (χ2v) is 4.59. The Morgan fingerprint density at radius 1 is 0.917 bits per heavy atom. The van der Waals surface area contributed by atoms with Gasteiger partial charge in [0.25, 0.3) is 5.91 Å². The lowest BCUT2D eigenvalue weighted by atomic mass is 10.1. The minimum atomic E-state index is -4.60. The molecule has 1 aromatic carbocycles. The van der Waals surface area contributed by atoms with Crippen LogP contribution in [0.1, 0.15) is 21.5 Å². The SMILES string of the molecule is O=C(NNc1ccc(C(F)(F)F)cn1)c1cccc(C(F)(F)F)c1. The van der Waals surface area contributed by atoms with E-state index in [9.17, 15) is 31.1 Å². The molecule has 0 radical (unpaired) electrons. The van der Waals surface area contributed by atoms with Crippen molar-refractivity contribution in [3.63, 3.8) is 0 Å². The standard InChI is InChI=1S/C14H9F6N3O/c15-13(16,17)9-3-1-2-8(6-9)12(24)23-22-11-5-4-10(7-21-11)14(18,19)20/h1-7H,(H,21,22)(H,23,24). The number of pyridine rings is 1. The van der Waals surface area contributed by atoms with Crippen molar-refractivity contribution in [2.75, 3.05) is 5.43 Å². The van der Waals surface area contributed by atoms with Crippen LogP contribution in [0.5, 0.6) is 0 Å². The number of carbonyl (C=O) groups is 1. The van der Waals surface area contributed by atoms with Gasteiger partial charge in [-0.3, -0.25) is 15.6 Å². The van der Waals surface area contributed by atoms with Crippen LogP contribution in [0.15, 0.2) is 42.6 Å². The summed E-state index contributed by atoms with van der Waals surface area (Å²) >= 11 is 0. The molecule has 128 valence electrons. The fourth-order valence-electron chi connectivity index (χ4n) is 1.67. The number of carbonyl (C=O) groups excluding carboxylic acids is 1. The van der Waals surface area contributed by atoms with Gasteiger partial charge in [-0.25, -0.2) is 4.98 Å². The summed E-state index contributed by atoms with van der Waals surface area (Å²) in [6.07, 6.45) is -8.59. The van der Waals surface area contributed by atoms with Crippen LogP contribution in [0, 0.1) is 0 Å². The molecule has 0 saturated heterocycles. The molecule has 1 heterocycles. The number of benzene rings is 1. The maximum atomic E-state index is 12.6. The summed E-state index contributed by atoms with van der Waals surface area (Å²) in [5.74, 6) is -1.01. The summed E-state index contributed by atoms with van der Waals surface area (Å²) in [5.41, 5.74) is 2.03. The highest BCUT2D eigenvalue weighted by molar-refractivity contribution is 5.95. The first-order valence-corrected chi connectivity index (χ1v) is 6.34. The Bertz CT molecular complexity index is 725. The van der Waals surface area contributed by atoms with Crippen LogP contribution in [-0.4, -0.2) is 10.9 Å². The zero-order chi connectivity index (χ0) is 18.0. The van der Waals surface area contributed by atoms with Crippen LogP contribution in [0.3, 0.4) is 0 Å². The average Bonchev–Trinajstić information content (AvgIpc) is 2.51. The van der Waals surface area contributed by atoms with Crippen molar-refractivity contribution in [1.82, 2.24) is 10.4 Å². The second-order valence-electron chi connectivity index (χ2n) is 4.59. The molecule has 2 N–H and O–H groups in total. The van der Waals surface area contributed by atoms with Gasteiger partial charge in [0.2, 0.25) is 0 Å². The molecule has 4 nitrogen and oxygen atoms in total. The van der Waals surface area contributed by atoms with Gasteiger partial charge in [-0.05, 0) is 30.3 Å². The van der Waals surface area contributed by atoms with Crippen LogP contribution in [-0.2, 0) is 12.4 Å².